The van der Waals surface area contributed by atoms with E-state index in [0.717, 1.165) is 30.4 Å². The van der Waals surface area contributed by atoms with Gasteiger partial charge < -0.3 is 5.11 Å². The van der Waals surface area contributed by atoms with Crippen molar-refractivity contribution in [1.82, 2.24) is 0 Å². The lowest BCUT2D eigenvalue weighted by Crippen LogP contribution is -2.26. The van der Waals surface area contributed by atoms with Gasteiger partial charge in [0.25, 0.3) is 0 Å². The zero-order chi connectivity index (χ0) is 15.8. The number of carbonyl (C=O) groups excluding carboxylic acids is 1. The molecule has 0 amide bonds. The van der Waals surface area contributed by atoms with E-state index in [1.165, 1.54) is 11.1 Å². The van der Waals surface area contributed by atoms with Crippen molar-refractivity contribution in [3.63, 3.8) is 0 Å². The Morgan fingerprint density at radius 1 is 1.43 bits per heavy atom. The van der Waals surface area contributed by atoms with Gasteiger partial charge in [-0.2, -0.15) is 0 Å². The number of aliphatic hydroxyl groups excluding tert-OH is 1. The molecule has 0 radical (unpaired) electrons. The number of allylic oxidation sites excluding steroid dienone is 4. The normalized spacial score (nSPS) is 30.7. The highest BCUT2D eigenvalue weighted by atomic mass is 16.3. The van der Waals surface area contributed by atoms with Crippen LogP contribution in [0.4, 0.5) is 0 Å². The predicted octanol–water partition coefficient (Wildman–Crippen LogP) is 4.36. The van der Waals surface area contributed by atoms with Crippen LogP contribution >= 0.6 is 0 Å². The first-order valence-electron chi connectivity index (χ1n) is 8.02. The molecule has 116 valence electrons. The van der Waals surface area contributed by atoms with E-state index in [2.05, 4.69) is 13.8 Å². The molecule has 1 saturated carbocycles. The second kappa shape index (κ2) is 5.92. The highest BCUT2D eigenvalue weighted by Gasteiger charge is 2.51. The molecule has 0 saturated heterocycles. The number of fused-ring (bicyclic) bond motifs is 1. The fraction of sp³-hybridized carbons (Fsp3) is 0.632. The van der Waals surface area contributed by atoms with Crippen LogP contribution in [0.25, 0.3) is 0 Å². The topological polar surface area (TPSA) is 37.3 Å². The lowest BCUT2D eigenvalue weighted by molar-refractivity contribution is -0.123. The lowest BCUT2D eigenvalue weighted by atomic mass is 9.79. The molecule has 0 aromatic heterocycles. The summed E-state index contributed by atoms with van der Waals surface area (Å²) in [5.74, 6) is 0.704. The number of aliphatic hydroxyl groups is 1. The molecule has 1 fully saturated rings. The van der Waals surface area contributed by atoms with E-state index in [9.17, 15) is 9.90 Å². The van der Waals surface area contributed by atoms with Crippen molar-refractivity contribution >= 4 is 5.78 Å². The molecule has 1 unspecified atom stereocenters. The molecule has 0 bridgehead atoms. The first kappa shape index (κ1) is 16.2. The van der Waals surface area contributed by atoms with E-state index in [1.807, 2.05) is 32.9 Å². The average molecular weight is 288 g/mol. The largest absolute Gasteiger partial charge is 0.388 e. The Morgan fingerprint density at radius 3 is 2.67 bits per heavy atom. The van der Waals surface area contributed by atoms with E-state index >= 15 is 0 Å². The Balaban J connectivity index is 2.22. The molecular formula is C19H28O2. The van der Waals surface area contributed by atoms with E-state index < -0.39 is 6.10 Å². The molecule has 1 N–H and O–H groups in total. The first-order valence-corrected chi connectivity index (χ1v) is 8.02. The highest BCUT2D eigenvalue weighted by molar-refractivity contribution is 6.06. The van der Waals surface area contributed by atoms with Gasteiger partial charge in [0.2, 0.25) is 0 Å². The van der Waals surface area contributed by atoms with Gasteiger partial charge in [-0.3, -0.25) is 4.79 Å². The molecule has 21 heavy (non-hydrogen) atoms. The Labute approximate surface area is 128 Å². The smallest absolute Gasteiger partial charge is 0.169 e. The Morgan fingerprint density at radius 2 is 2.10 bits per heavy atom. The monoisotopic (exact) mass is 288 g/mol. The minimum atomic E-state index is -0.499. The van der Waals surface area contributed by atoms with Crippen LogP contribution < -0.4 is 0 Å². The summed E-state index contributed by atoms with van der Waals surface area (Å²) in [7, 11) is 0. The molecule has 0 aliphatic heterocycles. The maximum atomic E-state index is 12.7. The van der Waals surface area contributed by atoms with E-state index in [-0.39, 0.29) is 11.2 Å². The maximum absolute atomic E-state index is 12.7. The average Bonchev–Trinajstić information content (AvgIpc) is 2.89. The summed E-state index contributed by atoms with van der Waals surface area (Å²) < 4.78 is 0. The third-order valence-electron chi connectivity index (χ3n) is 5.32. The molecule has 0 aromatic rings. The number of hydrogen-bond donors (Lipinski definition) is 1. The van der Waals surface area contributed by atoms with Crippen LogP contribution in [-0.4, -0.2) is 17.0 Å². The molecule has 0 spiro atoms. The summed E-state index contributed by atoms with van der Waals surface area (Å²) in [6.45, 7) is 10.2. The number of Topliss-reactive ketones (excluding diaryl/α,β-unsaturated/α-hetero) is 1. The van der Waals surface area contributed by atoms with Gasteiger partial charge in [-0.05, 0) is 64.5 Å². The van der Waals surface area contributed by atoms with Crippen molar-refractivity contribution in [2.24, 2.45) is 11.3 Å². The van der Waals surface area contributed by atoms with Gasteiger partial charge in [0.1, 0.15) is 0 Å². The number of carbonyl (C=O) groups is 1. The van der Waals surface area contributed by atoms with Crippen molar-refractivity contribution in [2.75, 3.05) is 0 Å². The lowest BCUT2D eigenvalue weighted by Gasteiger charge is -2.22. The van der Waals surface area contributed by atoms with Crippen molar-refractivity contribution < 1.29 is 9.90 Å². The van der Waals surface area contributed by atoms with Gasteiger partial charge in [-0.15, -0.1) is 0 Å². The second-order valence-corrected chi connectivity index (χ2v) is 7.21. The summed E-state index contributed by atoms with van der Waals surface area (Å²) >= 11 is 0. The molecule has 0 heterocycles. The van der Waals surface area contributed by atoms with Crippen LogP contribution in [0, 0.1) is 11.3 Å². The summed E-state index contributed by atoms with van der Waals surface area (Å²) in [4.78, 5) is 12.7. The minimum absolute atomic E-state index is 0.180. The van der Waals surface area contributed by atoms with Crippen LogP contribution in [0.2, 0.25) is 0 Å². The molecule has 2 aliphatic rings. The zero-order valence-corrected chi connectivity index (χ0v) is 14.0. The van der Waals surface area contributed by atoms with E-state index in [1.54, 1.807) is 0 Å². The molecule has 2 nitrogen and oxygen atoms in total. The minimum Gasteiger partial charge on any atom is -0.388 e. The standard InChI is InChI=1S/C19H28O2/c1-12(2)8-9-17(20)13(3)11-15-14(4)16-7-6-10-19(16,5)18(15)21/h8,11,16-17,20H,6-7,9-10H2,1-5H3/b13-11+/t16-,17?,19-/m0/s1. The maximum Gasteiger partial charge on any atom is 0.169 e. The summed E-state index contributed by atoms with van der Waals surface area (Å²) in [5, 5.41) is 10.2. The van der Waals surface area contributed by atoms with Crippen molar-refractivity contribution in [3.05, 3.63) is 34.4 Å². The van der Waals surface area contributed by atoms with E-state index in [4.69, 9.17) is 0 Å². The first-order chi connectivity index (χ1) is 9.77. The van der Waals surface area contributed by atoms with Crippen LogP contribution in [0.1, 0.15) is 60.3 Å². The fourth-order valence-corrected chi connectivity index (χ4v) is 3.84. The van der Waals surface area contributed by atoms with Crippen molar-refractivity contribution in [2.45, 2.75) is 66.4 Å². The van der Waals surface area contributed by atoms with E-state index in [0.29, 0.717) is 12.3 Å². The molecule has 2 rings (SSSR count). The molecule has 2 heteroatoms. The van der Waals surface area contributed by atoms with Crippen LogP contribution in [0.5, 0.6) is 0 Å². The van der Waals surface area contributed by atoms with Gasteiger partial charge in [0, 0.05) is 11.0 Å². The van der Waals surface area contributed by atoms with Crippen LogP contribution in [-0.2, 0) is 4.79 Å². The van der Waals surface area contributed by atoms with Crippen LogP contribution in [0.3, 0.4) is 0 Å². The molecule has 3 atom stereocenters. The highest BCUT2D eigenvalue weighted by Crippen LogP contribution is 2.54. The quantitative estimate of drug-likeness (QED) is 0.781. The van der Waals surface area contributed by atoms with Crippen molar-refractivity contribution in [3.8, 4) is 0 Å². The zero-order valence-electron chi connectivity index (χ0n) is 14.0. The molecular weight excluding hydrogens is 260 g/mol. The van der Waals surface area contributed by atoms with Gasteiger partial charge in [0.05, 0.1) is 6.10 Å². The second-order valence-electron chi connectivity index (χ2n) is 7.21. The Bertz CT molecular complexity index is 532. The van der Waals surface area contributed by atoms with Gasteiger partial charge in [-0.25, -0.2) is 0 Å². The number of hydrogen-bond acceptors (Lipinski definition) is 2. The predicted molar refractivity (Wildman–Crippen MR) is 87.0 cm³/mol. The summed E-state index contributed by atoms with van der Waals surface area (Å²) in [6, 6.07) is 0. The third-order valence-corrected chi connectivity index (χ3v) is 5.32. The summed E-state index contributed by atoms with van der Waals surface area (Å²) in [5.41, 5.74) is 4.00. The van der Waals surface area contributed by atoms with Gasteiger partial charge >= 0.3 is 0 Å². The van der Waals surface area contributed by atoms with Gasteiger partial charge in [0.15, 0.2) is 5.78 Å². The fourth-order valence-electron chi connectivity index (χ4n) is 3.84. The Kier molecular flexibility index (Phi) is 4.57. The van der Waals surface area contributed by atoms with Crippen LogP contribution in [0.15, 0.2) is 34.4 Å². The number of ketones is 1. The molecule has 2 aliphatic carbocycles. The Hall–Kier alpha value is -1.15. The SMILES string of the molecule is CC(C)=CCC(O)/C(C)=C/C1=C(C)[C@@H]2CCC[C@]2(C)C1=O. The number of rotatable bonds is 4. The van der Waals surface area contributed by atoms with Crippen molar-refractivity contribution in [1.29, 1.82) is 0 Å². The summed E-state index contributed by atoms with van der Waals surface area (Å²) in [6.07, 6.45) is 7.38. The van der Waals surface area contributed by atoms with Gasteiger partial charge in [-0.1, -0.05) is 30.6 Å². The third kappa shape index (κ3) is 2.91. The molecule has 0 aromatic carbocycles.